The maximum Gasteiger partial charge on any atom is 0.203 e. The van der Waals surface area contributed by atoms with Crippen molar-refractivity contribution < 1.29 is 28.5 Å². The van der Waals surface area contributed by atoms with Crippen LogP contribution in [0.2, 0.25) is 0 Å². The van der Waals surface area contributed by atoms with E-state index in [1.165, 1.54) is 33.5 Å². The molecule has 126 valence electrons. The molecule has 2 rings (SSSR count). The van der Waals surface area contributed by atoms with E-state index in [2.05, 4.69) is 0 Å². The number of ketones is 1. The minimum atomic E-state index is -0.603. The second kappa shape index (κ2) is 7.50. The Morgan fingerprint density at radius 3 is 2.38 bits per heavy atom. The Kier molecular flexibility index (Phi) is 5.42. The minimum absolute atomic E-state index is 0.120. The molecule has 0 bridgehead atoms. The lowest BCUT2D eigenvalue weighted by molar-refractivity contribution is 0.104. The molecule has 0 aliphatic rings. The molecule has 0 heterocycles. The zero-order valence-corrected chi connectivity index (χ0v) is 13.5. The second-order valence-corrected chi connectivity index (χ2v) is 4.78. The third-order valence-corrected chi connectivity index (χ3v) is 3.37. The van der Waals surface area contributed by atoms with Gasteiger partial charge in [0.25, 0.3) is 0 Å². The van der Waals surface area contributed by atoms with Gasteiger partial charge in [0.05, 0.1) is 26.9 Å². The van der Waals surface area contributed by atoms with E-state index in [1.54, 1.807) is 12.1 Å². The molecule has 5 nitrogen and oxygen atoms in total. The highest BCUT2D eigenvalue weighted by Gasteiger charge is 2.15. The Bertz CT molecular complexity index is 783. The Labute approximate surface area is 138 Å². The van der Waals surface area contributed by atoms with Crippen LogP contribution in [0.25, 0.3) is 6.08 Å². The Balaban J connectivity index is 2.38. The van der Waals surface area contributed by atoms with Crippen molar-refractivity contribution in [2.24, 2.45) is 0 Å². The zero-order chi connectivity index (χ0) is 17.7. The lowest BCUT2D eigenvalue weighted by Gasteiger charge is -2.13. The quantitative estimate of drug-likeness (QED) is 0.648. The number of methoxy groups -OCH3 is 3. The number of halogens is 1. The van der Waals surface area contributed by atoms with Gasteiger partial charge in [-0.15, -0.1) is 0 Å². The molecule has 0 fully saturated rings. The first-order valence-electron chi connectivity index (χ1n) is 7.01. The summed E-state index contributed by atoms with van der Waals surface area (Å²) in [6, 6.07) is 6.55. The number of hydrogen-bond donors (Lipinski definition) is 1. The summed E-state index contributed by atoms with van der Waals surface area (Å²) in [5, 5.41) is 9.67. The number of rotatable bonds is 6. The van der Waals surface area contributed by atoms with Crippen LogP contribution in [0.4, 0.5) is 4.39 Å². The van der Waals surface area contributed by atoms with Gasteiger partial charge in [-0.05, 0) is 42.5 Å². The minimum Gasteiger partial charge on any atom is -0.507 e. The van der Waals surface area contributed by atoms with Crippen molar-refractivity contribution in [2.45, 2.75) is 0 Å². The normalized spacial score (nSPS) is 10.7. The predicted octanol–water partition coefficient (Wildman–Crippen LogP) is 3.45. The lowest BCUT2D eigenvalue weighted by Crippen LogP contribution is -1.98. The van der Waals surface area contributed by atoms with Crippen LogP contribution in [0.1, 0.15) is 15.9 Å². The summed E-state index contributed by atoms with van der Waals surface area (Å²) < 4.78 is 29.0. The van der Waals surface area contributed by atoms with Crippen LogP contribution in [0.5, 0.6) is 23.0 Å². The van der Waals surface area contributed by atoms with Crippen LogP contribution in [0, 0.1) is 5.82 Å². The lowest BCUT2D eigenvalue weighted by atomic mass is 10.1. The van der Waals surface area contributed by atoms with Gasteiger partial charge in [0.2, 0.25) is 5.75 Å². The summed E-state index contributed by atoms with van der Waals surface area (Å²) >= 11 is 0. The van der Waals surface area contributed by atoms with Crippen molar-refractivity contribution in [1.29, 1.82) is 0 Å². The molecule has 24 heavy (non-hydrogen) atoms. The standard InChI is InChI=1S/C18H17FO5/c1-22-16-9-5-11(17(23-2)18(16)24-3)4-7-14(20)13-10-12(19)6-8-15(13)21/h4-10,21H,1-3H3/b7-4+. The molecule has 2 aromatic carbocycles. The highest BCUT2D eigenvalue weighted by atomic mass is 19.1. The van der Waals surface area contributed by atoms with E-state index in [9.17, 15) is 14.3 Å². The number of phenolic OH excluding ortho intramolecular Hbond substituents is 1. The van der Waals surface area contributed by atoms with E-state index in [0.29, 0.717) is 22.8 Å². The van der Waals surface area contributed by atoms with Crippen molar-refractivity contribution in [1.82, 2.24) is 0 Å². The second-order valence-electron chi connectivity index (χ2n) is 4.78. The van der Waals surface area contributed by atoms with Gasteiger partial charge in [-0.1, -0.05) is 0 Å². The van der Waals surface area contributed by atoms with Gasteiger partial charge in [-0.2, -0.15) is 0 Å². The zero-order valence-electron chi connectivity index (χ0n) is 13.5. The first kappa shape index (κ1) is 17.3. The van der Waals surface area contributed by atoms with Crippen LogP contribution in [0.3, 0.4) is 0 Å². The number of ether oxygens (including phenoxy) is 3. The molecule has 0 saturated heterocycles. The van der Waals surface area contributed by atoms with E-state index in [4.69, 9.17) is 14.2 Å². The van der Waals surface area contributed by atoms with Crippen molar-refractivity contribution in [3.63, 3.8) is 0 Å². The van der Waals surface area contributed by atoms with Crippen molar-refractivity contribution >= 4 is 11.9 Å². The third-order valence-electron chi connectivity index (χ3n) is 3.37. The number of carbonyl (C=O) groups is 1. The summed E-state index contributed by atoms with van der Waals surface area (Å²) in [6.07, 6.45) is 2.71. The maximum atomic E-state index is 13.2. The predicted molar refractivity (Wildman–Crippen MR) is 87.5 cm³/mol. The Morgan fingerprint density at radius 2 is 1.75 bits per heavy atom. The van der Waals surface area contributed by atoms with Crippen LogP contribution in [-0.4, -0.2) is 32.2 Å². The van der Waals surface area contributed by atoms with E-state index in [0.717, 1.165) is 18.2 Å². The summed E-state index contributed by atoms with van der Waals surface area (Å²) in [6.45, 7) is 0. The van der Waals surface area contributed by atoms with E-state index in [1.807, 2.05) is 0 Å². The average Bonchev–Trinajstić information content (AvgIpc) is 2.60. The number of allylic oxidation sites excluding steroid dienone is 1. The Hall–Kier alpha value is -3.02. The number of hydrogen-bond acceptors (Lipinski definition) is 5. The summed E-state index contributed by atoms with van der Waals surface area (Å²) in [5.41, 5.74) is 0.449. The van der Waals surface area contributed by atoms with E-state index >= 15 is 0 Å². The molecule has 0 aliphatic carbocycles. The molecule has 6 heteroatoms. The van der Waals surface area contributed by atoms with Gasteiger partial charge in [0.15, 0.2) is 17.3 Å². The fourth-order valence-corrected chi connectivity index (χ4v) is 2.22. The topological polar surface area (TPSA) is 65.0 Å². The molecule has 1 N–H and O–H groups in total. The molecule has 0 spiro atoms. The van der Waals surface area contributed by atoms with Gasteiger partial charge < -0.3 is 19.3 Å². The Morgan fingerprint density at radius 1 is 1.04 bits per heavy atom. The molecular formula is C18H17FO5. The first-order valence-corrected chi connectivity index (χ1v) is 7.01. The van der Waals surface area contributed by atoms with Gasteiger partial charge in [0.1, 0.15) is 11.6 Å². The molecule has 0 atom stereocenters. The molecular weight excluding hydrogens is 315 g/mol. The fourth-order valence-electron chi connectivity index (χ4n) is 2.22. The number of aromatic hydroxyl groups is 1. The van der Waals surface area contributed by atoms with Crippen LogP contribution in [0.15, 0.2) is 36.4 Å². The number of carbonyl (C=O) groups excluding carboxylic acids is 1. The number of benzene rings is 2. The van der Waals surface area contributed by atoms with E-state index in [-0.39, 0.29) is 11.3 Å². The van der Waals surface area contributed by atoms with E-state index < -0.39 is 11.6 Å². The van der Waals surface area contributed by atoms with Gasteiger partial charge in [0, 0.05) is 5.56 Å². The molecule has 0 saturated carbocycles. The fraction of sp³-hybridized carbons (Fsp3) is 0.167. The maximum absolute atomic E-state index is 13.2. The highest BCUT2D eigenvalue weighted by molar-refractivity contribution is 6.08. The summed E-state index contributed by atoms with van der Waals surface area (Å²) in [7, 11) is 4.45. The molecule has 0 amide bonds. The first-order chi connectivity index (χ1) is 11.5. The molecule has 2 aromatic rings. The number of phenols is 1. The third kappa shape index (κ3) is 3.48. The largest absolute Gasteiger partial charge is 0.507 e. The monoisotopic (exact) mass is 332 g/mol. The van der Waals surface area contributed by atoms with Crippen LogP contribution >= 0.6 is 0 Å². The van der Waals surface area contributed by atoms with Crippen molar-refractivity contribution in [3.8, 4) is 23.0 Å². The SMILES string of the molecule is COc1ccc(/C=C/C(=O)c2cc(F)ccc2O)c(OC)c1OC. The van der Waals surface area contributed by atoms with Crippen molar-refractivity contribution in [3.05, 3.63) is 53.4 Å². The van der Waals surface area contributed by atoms with Gasteiger partial charge in [-0.3, -0.25) is 4.79 Å². The van der Waals surface area contributed by atoms with Gasteiger partial charge in [-0.25, -0.2) is 4.39 Å². The van der Waals surface area contributed by atoms with Crippen LogP contribution in [-0.2, 0) is 0 Å². The smallest absolute Gasteiger partial charge is 0.203 e. The molecule has 0 aromatic heterocycles. The van der Waals surface area contributed by atoms with Crippen molar-refractivity contribution in [2.75, 3.05) is 21.3 Å². The summed E-state index contributed by atoms with van der Waals surface area (Å²) in [5.74, 6) is -0.157. The average molecular weight is 332 g/mol. The molecule has 0 radical (unpaired) electrons. The highest BCUT2D eigenvalue weighted by Crippen LogP contribution is 2.40. The van der Waals surface area contributed by atoms with Crippen LogP contribution < -0.4 is 14.2 Å². The molecule has 0 aliphatic heterocycles. The molecule has 0 unspecified atom stereocenters. The summed E-state index contributed by atoms with van der Waals surface area (Å²) in [4.78, 5) is 12.2. The van der Waals surface area contributed by atoms with Gasteiger partial charge >= 0.3 is 0 Å².